The van der Waals surface area contributed by atoms with E-state index in [0.717, 1.165) is 12.5 Å². The van der Waals surface area contributed by atoms with Gasteiger partial charge in [0.2, 0.25) is 0 Å². The van der Waals surface area contributed by atoms with Crippen LogP contribution in [0, 0.1) is 5.92 Å². The maximum Gasteiger partial charge on any atom is 0.117 e. The Labute approximate surface area is 264 Å². The number of likely N-dealkylation sites (tertiary alicyclic amines) is 1. The van der Waals surface area contributed by atoms with Gasteiger partial charge in [0.15, 0.2) is 0 Å². The molecule has 0 spiro atoms. The summed E-state index contributed by atoms with van der Waals surface area (Å²) in [4.78, 5) is 2.81. The Morgan fingerprint density at radius 3 is 1.48 bits per heavy atom. The number of hydrogen-bond donors (Lipinski definition) is 1. The number of aliphatic hydroxyl groups is 1. The molecule has 0 radical (unpaired) electrons. The summed E-state index contributed by atoms with van der Waals surface area (Å²) in [5.41, 5.74) is 3.30. The standard InChI is InChI=1S/C41H43NOSi/c1-44(36-25-13-5-14-26-36,37-27-15-6-16-28-37)31-40(43)39-30-32-18-17-29-38(32)42(39)41(33-19-7-2-8-20-33,34-21-9-3-10-22-34)35-23-11-4-12-24-35/h2-16,19-28,32,38-40,43H,17-18,29-31H2,1H3/t32-,38-,39-,40?/m0/s1. The maximum absolute atomic E-state index is 12.7. The van der Waals surface area contributed by atoms with E-state index in [1.807, 2.05) is 0 Å². The van der Waals surface area contributed by atoms with Gasteiger partial charge in [0, 0.05) is 12.1 Å². The number of hydrogen-bond acceptors (Lipinski definition) is 2. The van der Waals surface area contributed by atoms with E-state index in [-0.39, 0.29) is 6.04 Å². The fourth-order valence-corrected chi connectivity index (χ4v) is 12.5. The fourth-order valence-electron chi connectivity index (χ4n) is 8.72. The van der Waals surface area contributed by atoms with Gasteiger partial charge >= 0.3 is 0 Å². The van der Waals surface area contributed by atoms with Crippen LogP contribution in [0.5, 0.6) is 0 Å². The second kappa shape index (κ2) is 12.3. The zero-order valence-corrected chi connectivity index (χ0v) is 26.7. The minimum absolute atomic E-state index is 0.0326. The number of fused-ring (bicyclic) bond motifs is 1. The molecular formula is C41H43NOSi. The van der Waals surface area contributed by atoms with Crippen LogP contribution in [-0.2, 0) is 5.54 Å². The van der Waals surface area contributed by atoms with Crippen molar-refractivity contribution in [2.24, 2.45) is 5.92 Å². The second-order valence-corrected chi connectivity index (χ2v) is 17.3. The van der Waals surface area contributed by atoms with E-state index >= 15 is 0 Å². The molecule has 2 nitrogen and oxygen atoms in total. The molecule has 5 aromatic carbocycles. The van der Waals surface area contributed by atoms with Crippen LogP contribution in [0.25, 0.3) is 0 Å². The molecule has 0 bridgehead atoms. The highest BCUT2D eigenvalue weighted by molar-refractivity contribution is 7.01. The van der Waals surface area contributed by atoms with E-state index in [9.17, 15) is 5.11 Å². The molecule has 44 heavy (non-hydrogen) atoms. The molecule has 0 aromatic heterocycles. The number of rotatable bonds is 9. The summed E-state index contributed by atoms with van der Waals surface area (Å²) in [7, 11) is -2.27. The first-order valence-corrected chi connectivity index (χ1v) is 19.1. The molecule has 4 atom stereocenters. The van der Waals surface area contributed by atoms with Crippen LogP contribution in [0.15, 0.2) is 152 Å². The van der Waals surface area contributed by atoms with Gasteiger partial charge in [-0.1, -0.05) is 175 Å². The number of nitrogens with zero attached hydrogens (tertiary/aromatic N) is 1. The Morgan fingerprint density at radius 1 is 0.636 bits per heavy atom. The Morgan fingerprint density at radius 2 is 1.05 bits per heavy atom. The molecule has 2 fully saturated rings. The first-order valence-electron chi connectivity index (χ1n) is 16.4. The van der Waals surface area contributed by atoms with Crippen LogP contribution in [-0.4, -0.2) is 36.3 Å². The molecule has 7 rings (SSSR count). The van der Waals surface area contributed by atoms with Gasteiger partial charge in [-0.3, -0.25) is 4.90 Å². The van der Waals surface area contributed by atoms with Crippen molar-refractivity contribution in [1.29, 1.82) is 0 Å². The van der Waals surface area contributed by atoms with E-state index in [1.54, 1.807) is 0 Å². The molecule has 1 saturated carbocycles. The maximum atomic E-state index is 12.7. The lowest BCUT2D eigenvalue weighted by molar-refractivity contribution is 0.0176. The van der Waals surface area contributed by atoms with Gasteiger partial charge in [-0.2, -0.15) is 0 Å². The lowest BCUT2D eigenvalue weighted by Crippen LogP contribution is -2.61. The predicted molar refractivity (Wildman–Crippen MR) is 185 cm³/mol. The van der Waals surface area contributed by atoms with Gasteiger partial charge in [-0.15, -0.1) is 0 Å². The van der Waals surface area contributed by atoms with E-state index in [0.29, 0.717) is 12.0 Å². The SMILES string of the molecule is C[Si](CC(O)[C@@H]1C[C@@H]2CCC[C@@H]2N1C(c1ccccc1)(c1ccccc1)c1ccccc1)(c1ccccc1)c1ccccc1. The average Bonchev–Trinajstić information content (AvgIpc) is 3.70. The van der Waals surface area contributed by atoms with Crippen LogP contribution in [0.3, 0.4) is 0 Å². The molecular weight excluding hydrogens is 551 g/mol. The highest BCUT2D eigenvalue weighted by atomic mass is 28.3. The van der Waals surface area contributed by atoms with Gasteiger partial charge in [-0.25, -0.2) is 0 Å². The van der Waals surface area contributed by atoms with Crippen molar-refractivity contribution in [3.8, 4) is 0 Å². The van der Waals surface area contributed by atoms with E-state index < -0.39 is 19.7 Å². The van der Waals surface area contributed by atoms with Crippen molar-refractivity contribution in [2.75, 3.05) is 0 Å². The fraction of sp³-hybridized carbons (Fsp3) is 0.268. The minimum atomic E-state index is -2.27. The average molecular weight is 594 g/mol. The Bertz CT molecular complexity index is 1490. The minimum Gasteiger partial charge on any atom is -0.392 e. The van der Waals surface area contributed by atoms with Crippen molar-refractivity contribution in [3.05, 3.63) is 168 Å². The van der Waals surface area contributed by atoms with Crippen molar-refractivity contribution >= 4 is 18.4 Å². The van der Waals surface area contributed by atoms with Gasteiger partial charge in [-0.05, 0) is 47.9 Å². The Kier molecular flexibility index (Phi) is 8.11. The molecule has 2 aliphatic rings. The van der Waals surface area contributed by atoms with Gasteiger partial charge in [0.1, 0.15) is 8.07 Å². The molecule has 1 N–H and O–H groups in total. The molecule has 1 heterocycles. The summed E-state index contributed by atoms with van der Waals surface area (Å²) in [6.45, 7) is 2.46. The summed E-state index contributed by atoms with van der Waals surface area (Å²) in [6, 6.07) is 56.5. The van der Waals surface area contributed by atoms with Crippen LogP contribution >= 0.6 is 0 Å². The Hall–Kier alpha value is -3.76. The lowest BCUT2D eigenvalue weighted by Gasteiger charge is -2.50. The van der Waals surface area contributed by atoms with E-state index in [4.69, 9.17) is 0 Å². The predicted octanol–water partition coefficient (Wildman–Crippen LogP) is 7.48. The van der Waals surface area contributed by atoms with Crippen LogP contribution in [0.1, 0.15) is 42.4 Å². The normalized spacial score (nSPS) is 21.2. The lowest BCUT2D eigenvalue weighted by atomic mass is 9.74. The second-order valence-electron chi connectivity index (χ2n) is 13.1. The summed E-state index contributed by atoms with van der Waals surface area (Å²) in [6.07, 6.45) is 4.24. The molecule has 1 saturated heterocycles. The summed E-state index contributed by atoms with van der Waals surface area (Å²) in [5.74, 6) is 0.589. The van der Waals surface area contributed by atoms with Gasteiger partial charge < -0.3 is 5.11 Å². The smallest absolute Gasteiger partial charge is 0.117 e. The van der Waals surface area contributed by atoms with Crippen molar-refractivity contribution in [1.82, 2.24) is 4.90 Å². The van der Waals surface area contributed by atoms with Crippen molar-refractivity contribution in [3.63, 3.8) is 0 Å². The van der Waals surface area contributed by atoms with Crippen LogP contribution < -0.4 is 10.4 Å². The van der Waals surface area contributed by atoms with Gasteiger partial charge in [0.05, 0.1) is 11.6 Å². The number of benzene rings is 5. The van der Waals surface area contributed by atoms with E-state index in [2.05, 4.69) is 163 Å². The molecule has 222 valence electrons. The summed E-state index contributed by atoms with van der Waals surface area (Å²) >= 11 is 0. The molecule has 1 aliphatic heterocycles. The van der Waals surface area contributed by atoms with E-state index in [1.165, 1.54) is 46.3 Å². The largest absolute Gasteiger partial charge is 0.392 e. The van der Waals surface area contributed by atoms with Crippen molar-refractivity contribution in [2.45, 2.75) is 62.0 Å². The molecule has 0 amide bonds. The van der Waals surface area contributed by atoms with Crippen LogP contribution in [0.2, 0.25) is 12.6 Å². The zero-order valence-electron chi connectivity index (χ0n) is 25.7. The zero-order chi connectivity index (χ0) is 30.0. The summed E-state index contributed by atoms with van der Waals surface area (Å²) in [5, 5.41) is 15.5. The molecule has 1 aliphatic carbocycles. The molecule has 5 aromatic rings. The van der Waals surface area contributed by atoms with Crippen molar-refractivity contribution < 1.29 is 5.11 Å². The third-order valence-corrected chi connectivity index (χ3v) is 15.2. The Balaban J connectivity index is 1.41. The third-order valence-electron chi connectivity index (χ3n) is 10.7. The quantitative estimate of drug-likeness (QED) is 0.142. The number of aliphatic hydroxyl groups excluding tert-OH is 1. The topological polar surface area (TPSA) is 23.5 Å². The monoisotopic (exact) mass is 593 g/mol. The molecule has 1 unspecified atom stereocenters. The first-order chi connectivity index (χ1) is 21.6. The highest BCUT2D eigenvalue weighted by Crippen LogP contribution is 2.54. The summed E-state index contributed by atoms with van der Waals surface area (Å²) < 4.78 is 0. The van der Waals surface area contributed by atoms with Crippen LogP contribution in [0.4, 0.5) is 0 Å². The first kappa shape index (κ1) is 29.0. The third kappa shape index (κ3) is 4.97. The molecule has 3 heteroatoms. The highest BCUT2D eigenvalue weighted by Gasteiger charge is 2.57. The van der Waals surface area contributed by atoms with Gasteiger partial charge in [0.25, 0.3) is 0 Å².